The molecule has 0 amide bonds. The Hall–Kier alpha value is -2.12. The minimum absolute atomic E-state index is 0.00648. The maximum Gasteiger partial charge on any atom is 0.338 e. The number of anilines is 1. The number of aryl methyl sites for hydroxylation is 1. The van der Waals surface area contributed by atoms with Crippen LogP contribution in [0.1, 0.15) is 33.2 Å². The van der Waals surface area contributed by atoms with Crippen LogP contribution >= 0.6 is 0 Å². The second-order valence-corrected chi connectivity index (χ2v) is 4.69. The van der Waals surface area contributed by atoms with E-state index in [1.165, 1.54) is 24.0 Å². The van der Waals surface area contributed by atoms with Gasteiger partial charge in [-0.1, -0.05) is 6.07 Å². The summed E-state index contributed by atoms with van der Waals surface area (Å²) in [5.74, 6) is -2.25. The lowest BCUT2D eigenvalue weighted by Crippen LogP contribution is -2.19. The van der Waals surface area contributed by atoms with Gasteiger partial charge in [-0.3, -0.25) is 0 Å². The van der Waals surface area contributed by atoms with Gasteiger partial charge in [0.15, 0.2) is 0 Å². The number of rotatable bonds is 4. The van der Waals surface area contributed by atoms with Gasteiger partial charge in [0.2, 0.25) is 0 Å². The summed E-state index contributed by atoms with van der Waals surface area (Å²) in [5.41, 5.74) is 0.791. The van der Waals surface area contributed by atoms with E-state index >= 15 is 0 Å². The number of carboxylic acids is 2. The summed E-state index contributed by atoms with van der Waals surface area (Å²) in [5, 5.41) is 34.1. The Balaban J connectivity index is 0.000000690. The third kappa shape index (κ3) is 5.41. The van der Waals surface area contributed by atoms with E-state index in [0.29, 0.717) is 5.56 Å². The average Bonchev–Trinajstić information content (AvgIpc) is 2.37. The van der Waals surface area contributed by atoms with Gasteiger partial charge in [0.25, 0.3) is 0 Å². The van der Waals surface area contributed by atoms with Crippen LogP contribution in [-0.2, 0) is 0 Å². The number of nitrogens with zero attached hydrogens (tertiary/aromatic N) is 1. The highest BCUT2D eigenvalue weighted by molar-refractivity contribution is 6.04. The molecule has 7 nitrogen and oxygen atoms in total. The summed E-state index contributed by atoms with van der Waals surface area (Å²) >= 11 is 0. The quantitative estimate of drug-likeness (QED) is 0.650. The van der Waals surface area contributed by atoms with E-state index in [9.17, 15) is 9.59 Å². The van der Waals surface area contributed by atoms with Crippen LogP contribution in [-0.4, -0.2) is 59.2 Å². The summed E-state index contributed by atoms with van der Waals surface area (Å²) in [7, 11) is 3.24. The van der Waals surface area contributed by atoms with Gasteiger partial charge >= 0.3 is 11.9 Å². The van der Waals surface area contributed by atoms with Crippen molar-refractivity contribution in [2.75, 3.05) is 25.6 Å². The molecule has 4 N–H and O–H groups in total. The van der Waals surface area contributed by atoms with Gasteiger partial charge < -0.3 is 25.3 Å². The summed E-state index contributed by atoms with van der Waals surface area (Å²) in [6, 6.07) is 2.92. The second-order valence-electron chi connectivity index (χ2n) is 4.69. The van der Waals surface area contributed by atoms with E-state index in [4.69, 9.17) is 20.4 Å². The summed E-state index contributed by atoms with van der Waals surface area (Å²) in [6.07, 6.45) is -0.560. The van der Waals surface area contributed by atoms with Gasteiger partial charge in [-0.25, -0.2) is 9.59 Å². The Morgan fingerprint density at radius 1 is 1.19 bits per heavy atom. The summed E-state index contributed by atoms with van der Waals surface area (Å²) in [6.45, 7) is 3.03. The predicted molar refractivity (Wildman–Crippen MR) is 78.2 cm³/mol. The van der Waals surface area contributed by atoms with Crippen LogP contribution in [0.25, 0.3) is 0 Å². The van der Waals surface area contributed by atoms with Crippen LogP contribution in [0.4, 0.5) is 5.69 Å². The van der Waals surface area contributed by atoms with E-state index in [1.54, 1.807) is 21.0 Å². The molecule has 0 radical (unpaired) electrons. The maximum absolute atomic E-state index is 11.1. The molecule has 1 atom stereocenters. The van der Waals surface area contributed by atoms with Gasteiger partial charge in [-0.05, 0) is 25.5 Å². The Morgan fingerprint density at radius 3 is 1.95 bits per heavy atom. The van der Waals surface area contributed by atoms with Crippen molar-refractivity contribution in [3.63, 3.8) is 0 Å². The van der Waals surface area contributed by atoms with Crippen LogP contribution in [0.3, 0.4) is 0 Å². The smallest absolute Gasteiger partial charge is 0.338 e. The first-order valence-electron chi connectivity index (χ1n) is 6.19. The number of aromatic carboxylic acids is 2. The molecule has 21 heavy (non-hydrogen) atoms. The van der Waals surface area contributed by atoms with Crippen molar-refractivity contribution in [2.45, 2.75) is 20.0 Å². The van der Waals surface area contributed by atoms with Crippen LogP contribution in [0, 0.1) is 6.92 Å². The first-order valence-corrected chi connectivity index (χ1v) is 6.19. The van der Waals surface area contributed by atoms with Crippen LogP contribution in [0.5, 0.6) is 0 Å². The zero-order chi connectivity index (χ0) is 16.7. The van der Waals surface area contributed by atoms with E-state index < -0.39 is 18.0 Å². The minimum Gasteiger partial charge on any atom is -0.478 e. The summed E-state index contributed by atoms with van der Waals surface area (Å²) in [4.78, 5) is 23.6. The fraction of sp³-hybridized carbons (Fsp3) is 0.429. The number of aliphatic hydroxyl groups excluding tert-OH is 2. The zero-order valence-electron chi connectivity index (χ0n) is 12.5. The molecule has 0 heterocycles. The number of carboxylic acid groups (broad SMARTS) is 2. The predicted octanol–water partition coefficient (Wildman–Crippen LogP) is 0.817. The highest BCUT2D eigenvalue weighted by Gasteiger charge is 2.21. The molecular weight excluding hydrogens is 278 g/mol. The van der Waals surface area contributed by atoms with Crippen LogP contribution < -0.4 is 4.90 Å². The van der Waals surface area contributed by atoms with Gasteiger partial charge in [0, 0.05) is 14.1 Å². The maximum atomic E-state index is 11.1. The zero-order valence-corrected chi connectivity index (χ0v) is 12.5. The minimum atomic E-state index is -1.13. The molecule has 0 aliphatic heterocycles. The fourth-order valence-corrected chi connectivity index (χ4v) is 1.60. The second kappa shape index (κ2) is 8.23. The molecule has 0 saturated carbocycles. The van der Waals surface area contributed by atoms with E-state index in [-0.39, 0.29) is 23.4 Å². The molecular formula is C14H21NO6. The largest absolute Gasteiger partial charge is 0.478 e. The number of aliphatic hydroxyl groups is 2. The molecule has 7 heteroatoms. The third-order valence-electron chi connectivity index (χ3n) is 2.54. The molecule has 0 spiro atoms. The monoisotopic (exact) mass is 299 g/mol. The lowest BCUT2D eigenvalue weighted by Gasteiger charge is -2.19. The first-order chi connectivity index (χ1) is 9.63. The first kappa shape index (κ1) is 18.9. The molecule has 0 aliphatic rings. The van der Waals surface area contributed by atoms with Crippen molar-refractivity contribution >= 4 is 17.6 Å². The Morgan fingerprint density at radius 2 is 1.67 bits per heavy atom. The van der Waals surface area contributed by atoms with E-state index in [1.807, 2.05) is 0 Å². The highest BCUT2D eigenvalue weighted by atomic mass is 16.4. The molecule has 1 aromatic carbocycles. The SMILES string of the molecule is CC(O)CO.Cc1ccc(C(=O)O)c(N(C)C)c1C(=O)O. The van der Waals surface area contributed by atoms with Gasteiger partial charge in [0.1, 0.15) is 0 Å². The molecule has 0 bridgehead atoms. The van der Waals surface area contributed by atoms with Gasteiger partial charge in [0.05, 0.1) is 29.5 Å². The van der Waals surface area contributed by atoms with Crippen molar-refractivity contribution in [3.05, 3.63) is 28.8 Å². The third-order valence-corrected chi connectivity index (χ3v) is 2.54. The van der Waals surface area contributed by atoms with Gasteiger partial charge in [-0.15, -0.1) is 0 Å². The normalized spacial score (nSPS) is 11.1. The van der Waals surface area contributed by atoms with Crippen molar-refractivity contribution in [3.8, 4) is 0 Å². The Bertz CT molecular complexity index is 510. The number of carbonyl (C=O) groups is 2. The van der Waals surface area contributed by atoms with Crippen LogP contribution in [0.2, 0.25) is 0 Å². The molecule has 0 aromatic heterocycles. The lowest BCUT2D eigenvalue weighted by atomic mass is 10.0. The molecule has 1 rings (SSSR count). The Kier molecular flexibility index (Phi) is 7.40. The molecule has 1 unspecified atom stereocenters. The van der Waals surface area contributed by atoms with E-state index in [2.05, 4.69) is 0 Å². The molecule has 0 aliphatic carbocycles. The molecule has 0 fully saturated rings. The lowest BCUT2D eigenvalue weighted by molar-refractivity contribution is 0.0695. The van der Waals surface area contributed by atoms with Crippen molar-refractivity contribution < 1.29 is 30.0 Å². The fourth-order valence-electron chi connectivity index (χ4n) is 1.60. The van der Waals surface area contributed by atoms with Crippen LogP contribution in [0.15, 0.2) is 12.1 Å². The van der Waals surface area contributed by atoms with Crippen molar-refractivity contribution in [1.29, 1.82) is 0 Å². The van der Waals surface area contributed by atoms with Crippen molar-refractivity contribution in [2.24, 2.45) is 0 Å². The standard InChI is InChI=1S/C11H13NO4.C3H8O2/c1-6-4-5-7(10(13)14)9(12(2)3)8(6)11(15)16;1-3(5)2-4/h4-5H,1-3H3,(H,13,14)(H,15,16);3-5H,2H2,1H3. The number of hydrogen-bond donors (Lipinski definition) is 4. The van der Waals surface area contributed by atoms with Crippen molar-refractivity contribution in [1.82, 2.24) is 0 Å². The number of hydrogen-bond acceptors (Lipinski definition) is 5. The summed E-state index contributed by atoms with van der Waals surface area (Å²) < 4.78 is 0. The molecule has 1 aromatic rings. The molecule has 0 saturated heterocycles. The topological polar surface area (TPSA) is 118 Å². The Labute approximate surface area is 123 Å². The number of benzene rings is 1. The molecule has 118 valence electrons. The average molecular weight is 299 g/mol. The van der Waals surface area contributed by atoms with Gasteiger partial charge in [-0.2, -0.15) is 0 Å². The highest BCUT2D eigenvalue weighted by Crippen LogP contribution is 2.27. The van der Waals surface area contributed by atoms with E-state index in [0.717, 1.165) is 0 Å².